The van der Waals surface area contributed by atoms with Gasteiger partial charge in [-0.25, -0.2) is 0 Å². The van der Waals surface area contributed by atoms with Crippen LogP contribution in [0.15, 0.2) is 12.1 Å². The van der Waals surface area contributed by atoms with Crippen molar-refractivity contribution < 1.29 is 9.53 Å². The second-order valence-electron chi connectivity index (χ2n) is 2.47. The minimum atomic E-state index is -0.536. The Morgan fingerprint density at radius 3 is 2.64 bits per heavy atom. The Hall–Kier alpha value is -1.24. The quantitative estimate of drug-likeness (QED) is 0.550. The van der Waals surface area contributed by atoms with Gasteiger partial charge < -0.3 is 4.74 Å². The number of esters is 1. The Bertz CT molecular complexity index is 424. The van der Waals surface area contributed by atoms with Crippen molar-refractivity contribution in [2.75, 3.05) is 0 Å². The normalized spacial score (nSPS) is 9.29. The molecule has 0 saturated carbocycles. The van der Waals surface area contributed by atoms with Crippen LogP contribution in [0, 0.1) is 11.3 Å². The molecule has 3 nitrogen and oxygen atoms in total. The predicted octanol–water partition coefficient (Wildman–Crippen LogP) is 2.79. The standard InChI is InChI=1S/C9H5Cl2NO2/c1-5(13)14-9-6(4-12)2-7(10)3-8(9)11/h2-3H,1H3. The van der Waals surface area contributed by atoms with E-state index in [-0.39, 0.29) is 16.3 Å². The molecule has 0 atom stereocenters. The van der Waals surface area contributed by atoms with Crippen LogP contribution in [0.1, 0.15) is 12.5 Å². The lowest BCUT2D eigenvalue weighted by atomic mass is 10.2. The van der Waals surface area contributed by atoms with Crippen LogP contribution in [0.4, 0.5) is 0 Å². The van der Waals surface area contributed by atoms with Gasteiger partial charge in [-0.1, -0.05) is 23.2 Å². The number of benzene rings is 1. The van der Waals surface area contributed by atoms with Crippen LogP contribution in [-0.2, 0) is 4.79 Å². The van der Waals surface area contributed by atoms with E-state index in [0.717, 1.165) is 0 Å². The van der Waals surface area contributed by atoms with Gasteiger partial charge in [-0.3, -0.25) is 4.79 Å². The van der Waals surface area contributed by atoms with Gasteiger partial charge in [0.2, 0.25) is 0 Å². The summed E-state index contributed by atoms with van der Waals surface area (Å²) in [6.45, 7) is 1.23. The first kappa shape index (κ1) is 10.8. The number of halogens is 2. The van der Waals surface area contributed by atoms with Gasteiger partial charge in [-0.2, -0.15) is 5.26 Å². The zero-order valence-electron chi connectivity index (χ0n) is 7.17. The molecule has 0 aliphatic rings. The van der Waals surface area contributed by atoms with Crippen LogP contribution in [0.25, 0.3) is 0 Å². The van der Waals surface area contributed by atoms with Crippen LogP contribution in [0.3, 0.4) is 0 Å². The molecule has 0 saturated heterocycles. The van der Waals surface area contributed by atoms with Crippen molar-refractivity contribution in [3.05, 3.63) is 27.7 Å². The Kier molecular flexibility index (Phi) is 3.34. The monoisotopic (exact) mass is 229 g/mol. The summed E-state index contributed by atoms with van der Waals surface area (Å²) in [5.41, 5.74) is 0.137. The Balaban J connectivity index is 3.27. The molecule has 0 aliphatic heterocycles. The smallest absolute Gasteiger partial charge is 0.308 e. The first-order chi connectivity index (χ1) is 6.54. The van der Waals surface area contributed by atoms with Crippen molar-refractivity contribution in [1.82, 2.24) is 0 Å². The maximum Gasteiger partial charge on any atom is 0.308 e. The van der Waals surface area contributed by atoms with Gasteiger partial charge in [-0.05, 0) is 12.1 Å². The third-order valence-corrected chi connectivity index (χ3v) is 1.87. The number of nitriles is 1. The molecule has 0 bridgehead atoms. The summed E-state index contributed by atoms with van der Waals surface area (Å²) in [6.07, 6.45) is 0. The number of carbonyl (C=O) groups excluding carboxylic acids is 1. The van der Waals surface area contributed by atoms with E-state index in [1.165, 1.54) is 19.1 Å². The SMILES string of the molecule is CC(=O)Oc1c(Cl)cc(Cl)cc1C#N. The largest absolute Gasteiger partial charge is 0.424 e. The van der Waals surface area contributed by atoms with Crippen LogP contribution in [0.2, 0.25) is 10.0 Å². The van der Waals surface area contributed by atoms with Gasteiger partial charge in [0.25, 0.3) is 0 Å². The molecule has 1 aromatic rings. The van der Waals surface area contributed by atoms with Crippen molar-refractivity contribution in [3.8, 4) is 11.8 Å². The first-order valence-corrected chi connectivity index (χ1v) is 4.37. The fourth-order valence-corrected chi connectivity index (χ4v) is 1.42. The average Bonchev–Trinajstić information content (AvgIpc) is 2.08. The third-order valence-electron chi connectivity index (χ3n) is 1.37. The maximum atomic E-state index is 10.7. The van der Waals surface area contributed by atoms with Crippen molar-refractivity contribution in [1.29, 1.82) is 5.26 Å². The van der Waals surface area contributed by atoms with E-state index in [0.29, 0.717) is 5.02 Å². The summed E-state index contributed by atoms with van der Waals surface area (Å²) < 4.78 is 4.77. The molecular weight excluding hydrogens is 225 g/mol. The van der Waals surface area contributed by atoms with Gasteiger partial charge >= 0.3 is 5.97 Å². The summed E-state index contributed by atoms with van der Waals surface area (Å²) in [4.78, 5) is 10.7. The minimum absolute atomic E-state index is 0.0473. The molecule has 1 rings (SSSR count). The first-order valence-electron chi connectivity index (χ1n) is 3.62. The van der Waals surface area contributed by atoms with Crippen molar-refractivity contribution >= 4 is 29.2 Å². The number of ether oxygens (including phenoxy) is 1. The molecule has 0 N–H and O–H groups in total. The van der Waals surface area contributed by atoms with Gasteiger partial charge in [-0.15, -0.1) is 0 Å². The molecule has 14 heavy (non-hydrogen) atoms. The number of rotatable bonds is 1. The second kappa shape index (κ2) is 4.32. The Labute approximate surface area is 90.8 Å². The molecular formula is C9H5Cl2NO2. The van der Waals surface area contributed by atoms with Gasteiger partial charge in [0.15, 0.2) is 5.75 Å². The van der Waals surface area contributed by atoms with Crippen LogP contribution in [0.5, 0.6) is 5.75 Å². The third kappa shape index (κ3) is 2.38. The van der Waals surface area contributed by atoms with E-state index in [2.05, 4.69) is 0 Å². The van der Waals surface area contributed by atoms with Crippen LogP contribution >= 0.6 is 23.2 Å². The summed E-state index contributed by atoms with van der Waals surface area (Å²) >= 11 is 11.4. The highest BCUT2D eigenvalue weighted by atomic mass is 35.5. The summed E-state index contributed by atoms with van der Waals surface area (Å²) in [6, 6.07) is 4.62. The van der Waals surface area contributed by atoms with Gasteiger partial charge in [0.1, 0.15) is 6.07 Å². The number of carbonyl (C=O) groups is 1. The Morgan fingerprint density at radius 1 is 1.50 bits per heavy atom. The minimum Gasteiger partial charge on any atom is -0.424 e. The maximum absolute atomic E-state index is 10.7. The van der Waals surface area contributed by atoms with Crippen LogP contribution in [-0.4, -0.2) is 5.97 Å². The topological polar surface area (TPSA) is 50.1 Å². The zero-order valence-corrected chi connectivity index (χ0v) is 8.69. The molecule has 0 radical (unpaired) electrons. The summed E-state index contributed by atoms with van der Waals surface area (Å²) in [5, 5.41) is 9.19. The molecule has 0 aromatic heterocycles. The van der Waals surface area contributed by atoms with Crippen molar-refractivity contribution in [2.45, 2.75) is 6.92 Å². The molecule has 0 amide bonds. The van der Waals surface area contributed by atoms with E-state index in [9.17, 15) is 4.79 Å². The summed E-state index contributed by atoms with van der Waals surface area (Å²) in [7, 11) is 0. The summed E-state index contributed by atoms with van der Waals surface area (Å²) in [5.74, 6) is -0.489. The average molecular weight is 230 g/mol. The second-order valence-corrected chi connectivity index (χ2v) is 3.31. The molecule has 0 spiro atoms. The fourth-order valence-electron chi connectivity index (χ4n) is 0.891. The highest BCUT2D eigenvalue weighted by Gasteiger charge is 2.12. The van der Waals surface area contributed by atoms with Crippen molar-refractivity contribution in [3.63, 3.8) is 0 Å². The molecule has 1 aromatic carbocycles. The van der Waals surface area contributed by atoms with E-state index < -0.39 is 5.97 Å². The fraction of sp³-hybridized carbons (Fsp3) is 0.111. The lowest BCUT2D eigenvalue weighted by Crippen LogP contribution is -2.03. The lowest BCUT2D eigenvalue weighted by Gasteiger charge is -2.05. The Morgan fingerprint density at radius 2 is 2.14 bits per heavy atom. The van der Waals surface area contributed by atoms with E-state index in [4.69, 9.17) is 33.2 Å². The highest BCUT2D eigenvalue weighted by Crippen LogP contribution is 2.31. The number of nitrogens with zero attached hydrogens (tertiary/aromatic N) is 1. The van der Waals surface area contributed by atoms with Crippen LogP contribution < -0.4 is 4.74 Å². The molecule has 5 heteroatoms. The zero-order chi connectivity index (χ0) is 10.7. The number of hydrogen-bond acceptors (Lipinski definition) is 3. The lowest BCUT2D eigenvalue weighted by molar-refractivity contribution is -0.131. The molecule has 0 fully saturated rings. The molecule has 72 valence electrons. The van der Waals surface area contributed by atoms with E-state index in [1.54, 1.807) is 0 Å². The molecule has 0 aliphatic carbocycles. The van der Waals surface area contributed by atoms with Gasteiger partial charge in [0, 0.05) is 11.9 Å². The number of hydrogen-bond donors (Lipinski definition) is 0. The molecule has 0 unspecified atom stereocenters. The van der Waals surface area contributed by atoms with E-state index >= 15 is 0 Å². The van der Waals surface area contributed by atoms with Crippen molar-refractivity contribution in [2.24, 2.45) is 0 Å². The van der Waals surface area contributed by atoms with E-state index in [1.807, 2.05) is 6.07 Å². The van der Waals surface area contributed by atoms with Gasteiger partial charge in [0.05, 0.1) is 10.6 Å². The highest BCUT2D eigenvalue weighted by molar-refractivity contribution is 6.35. The predicted molar refractivity (Wildman–Crippen MR) is 52.5 cm³/mol. The molecule has 0 heterocycles.